The fourth-order valence-electron chi connectivity index (χ4n) is 1.80. The van der Waals surface area contributed by atoms with E-state index in [0.29, 0.717) is 12.3 Å². The minimum atomic E-state index is -0.552. The number of nitrogens with two attached hydrogens (primary N) is 1. The second kappa shape index (κ2) is 8.97. The SMILES string of the molecule is CCCCC(CN)NC(=O)C(C)Oc1ccccc1Br. The fraction of sp³-hybridized carbons (Fsp3) is 0.533. The van der Waals surface area contributed by atoms with Crippen LogP contribution in [0.5, 0.6) is 5.75 Å². The molecule has 0 saturated heterocycles. The van der Waals surface area contributed by atoms with Crippen molar-refractivity contribution >= 4 is 21.8 Å². The lowest BCUT2D eigenvalue weighted by atomic mass is 10.1. The van der Waals surface area contributed by atoms with Crippen molar-refractivity contribution in [2.75, 3.05) is 6.54 Å². The maximum Gasteiger partial charge on any atom is 0.261 e. The maximum atomic E-state index is 12.1. The Hall–Kier alpha value is -1.07. The molecule has 1 rings (SSSR count). The van der Waals surface area contributed by atoms with E-state index < -0.39 is 6.10 Å². The van der Waals surface area contributed by atoms with E-state index in [1.54, 1.807) is 6.92 Å². The molecule has 4 nitrogen and oxygen atoms in total. The van der Waals surface area contributed by atoms with Crippen molar-refractivity contribution in [2.45, 2.75) is 45.3 Å². The molecule has 0 heterocycles. The number of hydrogen-bond acceptors (Lipinski definition) is 3. The van der Waals surface area contributed by atoms with Crippen LogP contribution >= 0.6 is 15.9 Å². The fourth-order valence-corrected chi connectivity index (χ4v) is 2.18. The molecule has 0 spiro atoms. The van der Waals surface area contributed by atoms with Crippen LogP contribution in [0.2, 0.25) is 0 Å². The lowest BCUT2D eigenvalue weighted by molar-refractivity contribution is -0.128. The van der Waals surface area contributed by atoms with Crippen LogP contribution in [0.3, 0.4) is 0 Å². The summed E-state index contributed by atoms with van der Waals surface area (Å²) in [5.74, 6) is 0.528. The Balaban J connectivity index is 2.52. The van der Waals surface area contributed by atoms with Gasteiger partial charge in [-0.1, -0.05) is 31.9 Å². The van der Waals surface area contributed by atoms with Gasteiger partial charge in [0.15, 0.2) is 6.10 Å². The van der Waals surface area contributed by atoms with Crippen LogP contribution in [0, 0.1) is 0 Å². The highest BCUT2D eigenvalue weighted by Crippen LogP contribution is 2.24. The van der Waals surface area contributed by atoms with Gasteiger partial charge in [-0.2, -0.15) is 0 Å². The average molecular weight is 343 g/mol. The summed E-state index contributed by atoms with van der Waals surface area (Å²) in [4.78, 5) is 12.1. The zero-order valence-electron chi connectivity index (χ0n) is 12.1. The zero-order chi connectivity index (χ0) is 15.0. The molecule has 1 aromatic carbocycles. The molecule has 1 aromatic rings. The molecule has 3 N–H and O–H groups in total. The Morgan fingerprint density at radius 2 is 2.15 bits per heavy atom. The molecule has 0 radical (unpaired) electrons. The smallest absolute Gasteiger partial charge is 0.261 e. The van der Waals surface area contributed by atoms with Crippen molar-refractivity contribution in [3.05, 3.63) is 28.7 Å². The van der Waals surface area contributed by atoms with Gasteiger partial charge in [0.05, 0.1) is 4.47 Å². The number of nitrogens with one attached hydrogen (secondary N) is 1. The number of unbranched alkanes of at least 4 members (excludes halogenated alkanes) is 1. The number of ether oxygens (including phenoxy) is 1. The number of carbonyl (C=O) groups is 1. The largest absolute Gasteiger partial charge is 0.480 e. The molecule has 0 aliphatic rings. The molecule has 0 aromatic heterocycles. The second-order valence-electron chi connectivity index (χ2n) is 4.77. The Bertz CT molecular complexity index is 426. The van der Waals surface area contributed by atoms with Crippen molar-refractivity contribution < 1.29 is 9.53 Å². The molecule has 20 heavy (non-hydrogen) atoms. The molecule has 0 aliphatic heterocycles. The Morgan fingerprint density at radius 3 is 2.75 bits per heavy atom. The van der Waals surface area contributed by atoms with Gasteiger partial charge in [-0.05, 0) is 41.4 Å². The van der Waals surface area contributed by atoms with E-state index in [9.17, 15) is 4.79 Å². The quantitative estimate of drug-likeness (QED) is 0.763. The van der Waals surface area contributed by atoms with Gasteiger partial charge in [0.2, 0.25) is 0 Å². The summed E-state index contributed by atoms with van der Waals surface area (Å²) in [7, 11) is 0. The number of halogens is 1. The highest BCUT2D eigenvalue weighted by Gasteiger charge is 2.18. The van der Waals surface area contributed by atoms with E-state index in [1.165, 1.54) is 0 Å². The van der Waals surface area contributed by atoms with Gasteiger partial charge in [0, 0.05) is 12.6 Å². The van der Waals surface area contributed by atoms with E-state index in [1.807, 2.05) is 24.3 Å². The van der Waals surface area contributed by atoms with Crippen LogP contribution in [0.15, 0.2) is 28.7 Å². The maximum absolute atomic E-state index is 12.1. The second-order valence-corrected chi connectivity index (χ2v) is 5.63. The third-order valence-corrected chi connectivity index (χ3v) is 3.70. The Morgan fingerprint density at radius 1 is 1.45 bits per heavy atom. The van der Waals surface area contributed by atoms with Gasteiger partial charge < -0.3 is 15.8 Å². The summed E-state index contributed by atoms with van der Waals surface area (Å²) in [6.07, 6.45) is 2.50. The van der Waals surface area contributed by atoms with Crippen LogP contribution in [0.1, 0.15) is 33.1 Å². The summed E-state index contributed by atoms with van der Waals surface area (Å²) in [6.45, 7) is 4.31. The first-order valence-electron chi connectivity index (χ1n) is 7.00. The van der Waals surface area contributed by atoms with Crippen LogP contribution in [-0.2, 0) is 4.79 Å². The zero-order valence-corrected chi connectivity index (χ0v) is 13.7. The van der Waals surface area contributed by atoms with Crippen molar-refractivity contribution in [2.24, 2.45) is 5.73 Å². The third-order valence-electron chi connectivity index (χ3n) is 3.05. The van der Waals surface area contributed by atoms with Crippen molar-refractivity contribution in [1.82, 2.24) is 5.32 Å². The van der Waals surface area contributed by atoms with Crippen LogP contribution in [0.4, 0.5) is 0 Å². The molecule has 2 unspecified atom stereocenters. The first-order chi connectivity index (χ1) is 9.58. The number of carbonyl (C=O) groups excluding carboxylic acids is 1. The standard InChI is InChI=1S/C15H23BrN2O2/c1-3-4-7-12(10-17)18-15(19)11(2)20-14-9-6-5-8-13(14)16/h5-6,8-9,11-12H,3-4,7,10,17H2,1-2H3,(H,18,19). The van der Waals surface area contributed by atoms with E-state index in [0.717, 1.165) is 23.7 Å². The lowest BCUT2D eigenvalue weighted by Gasteiger charge is -2.20. The van der Waals surface area contributed by atoms with E-state index in [4.69, 9.17) is 10.5 Å². The molecule has 5 heteroatoms. The first-order valence-corrected chi connectivity index (χ1v) is 7.79. The summed E-state index contributed by atoms with van der Waals surface area (Å²) in [6, 6.07) is 7.49. The summed E-state index contributed by atoms with van der Waals surface area (Å²) in [5.41, 5.74) is 5.68. The molecule has 1 amide bonds. The van der Waals surface area contributed by atoms with E-state index >= 15 is 0 Å². The number of benzene rings is 1. The molecule has 112 valence electrons. The minimum Gasteiger partial charge on any atom is -0.480 e. The van der Waals surface area contributed by atoms with Gasteiger partial charge in [0.1, 0.15) is 5.75 Å². The molecular weight excluding hydrogens is 320 g/mol. The van der Waals surface area contributed by atoms with Crippen molar-refractivity contribution in [1.29, 1.82) is 0 Å². The summed E-state index contributed by atoms with van der Waals surface area (Å²) in [5, 5.41) is 2.94. The molecule has 0 aliphatic carbocycles. The highest BCUT2D eigenvalue weighted by atomic mass is 79.9. The van der Waals surface area contributed by atoms with E-state index in [2.05, 4.69) is 28.2 Å². The Kier molecular flexibility index (Phi) is 7.62. The van der Waals surface area contributed by atoms with Crippen LogP contribution < -0.4 is 15.8 Å². The number of hydrogen-bond donors (Lipinski definition) is 2. The third kappa shape index (κ3) is 5.51. The van der Waals surface area contributed by atoms with Gasteiger partial charge in [-0.15, -0.1) is 0 Å². The minimum absolute atomic E-state index is 0.0210. The monoisotopic (exact) mass is 342 g/mol. The molecule has 0 saturated carbocycles. The van der Waals surface area contributed by atoms with Gasteiger partial charge in [-0.3, -0.25) is 4.79 Å². The summed E-state index contributed by atoms with van der Waals surface area (Å²) >= 11 is 3.40. The predicted molar refractivity (Wildman–Crippen MR) is 84.7 cm³/mol. The van der Waals surface area contributed by atoms with Gasteiger partial charge in [0.25, 0.3) is 5.91 Å². The van der Waals surface area contributed by atoms with Crippen molar-refractivity contribution in [3.8, 4) is 5.75 Å². The number of para-hydroxylation sites is 1. The molecule has 0 bridgehead atoms. The lowest BCUT2D eigenvalue weighted by Crippen LogP contribution is -2.45. The Labute approximate surface area is 129 Å². The van der Waals surface area contributed by atoms with Gasteiger partial charge in [-0.25, -0.2) is 0 Å². The normalized spacial score (nSPS) is 13.6. The first kappa shape index (κ1) is 17.0. The predicted octanol–water partition coefficient (Wildman–Crippen LogP) is 2.85. The molecule has 0 fully saturated rings. The number of rotatable bonds is 8. The van der Waals surface area contributed by atoms with Crippen LogP contribution in [0.25, 0.3) is 0 Å². The van der Waals surface area contributed by atoms with Crippen LogP contribution in [-0.4, -0.2) is 24.6 Å². The number of amides is 1. The molecule has 2 atom stereocenters. The molecular formula is C15H23BrN2O2. The topological polar surface area (TPSA) is 64.3 Å². The summed E-state index contributed by atoms with van der Waals surface area (Å²) < 4.78 is 6.49. The average Bonchev–Trinajstić information content (AvgIpc) is 2.45. The van der Waals surface area contributed by atoms with Crippen molar-refractivity contribution in [3.63, 3.8) is 0 Å². The van der Waals surface area contributed by atoms with Gasteiger partial charge >= 0.3 is 0 Å². The van der Waals surface area contributed by atoms with E-state index in [-0.39, 0.29) is 11.9 Å². The highest BCUT2D eigenvalue weighted by molar-refractivity contribution is 9.10.